The van der Waals surface area contributed by atoms with Crippen LogP contribution in [-0.4, -0.2) is 5.91 Å². The topological polar surface area (TPSA) is 78.4 Å². The highest BCUT2D eigenvalue weighted by Gasteiger charge is 2.21. The molecule has 1 aliphatic carbocycles. The molecule has 2 aromatic heterocycles. The van der Waals surface area contributed by atoms with Gasteiger partial charge in [-0.3, -0.25) is 4.79 Å². The van der Waals surface area contributed by atoms with Gasteiger partial charge in [-0.2, -0.15) is 5.26 Å². The van der Waals surface area contributed by atoms with Crippen LogP contribution in [-0.2, 0) is 12.8 Å². The normalized spacial score (nSPS) is 13.5. The van der Waals surface area contributed by atoms with E-state index in [1.165, 1.54) is 16.2 Å². The Morgan fingerprint density at radius 3 is 2.85 bits per heavy atom. The first-order valence-electron chi connectivity index (χ1n) is 10.7. The second-order valence-electron chi connectivity index (χ2n) is 8.09. The molecule has 1 aliphatic rings. The lowest BCUT2D eigenvalue weighted by Gasteiger charge is -2.09. The largest absolute Gasteiger partial charge is 0.437 e. The fraction of sp³-hybridized carbons (Fsp3) is 0.192. The SMILES string of the molecule is Cc1cccc(NC(=O)c2cc3cc(Br)ccc3o/c2=N\c2sc3c(c2C#N)CCCC3)c1. The lowest BCUT2D eigenvalue weighted by molar-refractivity contribution is 0.102. The van der Waals surface area contributed by atoms with Crippen molar-refractivity contribution in [1.29, 1.82) is 5.26 Å². The van der Waals surface area contributed by atoms with Crippen LogP contribution in [0.25, 0.3) is 11.0 Å². The van der Waals surface area contributed by atoms with Crippen LogP contribution in [0.1, 0.15) is 44.8 Å². The van der Waals surface area contributed by atoms with Crippen molar-refractivity contribution in [2.45, 2.75) is 32.6 Å². The molecule has 1 amide bonds. The molecule has 2 aromatic carbocycles. The molecule has 0 fully saturated rings. The molecule has 0 bridgehead atoms. The van der Waals surface area contributed by atoms with Gasteiger partial charge >= 0.3 is 0 Å². The van der Waals surface area contributed by atoms with E-state index in [1.807, 2.05) is 49.4 Å². The van der Waals surface area contributed by atoms with Crippen molar-refractivity contribution in [2.24, 2.45) is 4.99 Å². The smallest absolute Gasteiger partial charge is 0.261 e. The number of aryl methyl sites for hydroxylation is 2. The third-order valence-electron chi connectivity index (χ3n) is 5.70. The Balaban J connectivity index is 1.68. The van der Waals surface area contributed by atoms with E-state index in [-0.39, 0.29) is 11.5 Å². The first kappa shape index (κ1) is 21.6. The quantitative estimate of drug-likeness (QED) is 0.324. The monoisotopic (exact) mass is 517 g/mol. The van der Waals surface area contributed by atoms with Gasteiger partial charge in [0.1, 0.15) is 22.2 Å². The summed E-state index contributed by atoms with van der Waals surface area (Å²) in [7, 11) is 0. The maximum Gasteiger partial charge on any atom is 0.261 e. The summed E-state index contributed by atoms with van der Waals surface area (Å²) in [6, 6.07) is 17.4. The number of benzene rings is 2. The van der Waals surface area contributed by atoms with E-state index in [0.717, 1.165) is 46.7 Å². The first-order chi connectivity index (χ1) is 16.0. The van der Waals surface area contributed by atoms with Crippen LogP contribution in [0.4, 0.5) is 10.7 Å². The second-order valence-corrected chi connectivity index (χ2v) is 10.1. The van der Waals surface area contributed by atoms with E-state index in [9.17, 15) is 10.1 Å². The highest BCUT2D eigenvalue weighted by molar-refractivity contribution is 9.10. The van der Waals surface area contributed by atoms with Gasteiger partial charge in [0.15, 0.2) is 0 Å². The highest BCUT2D eigenvalue weighted by atomic mass is 79.9. The number of anilines is 1. The van der Waals surface area contributed by atoms with Gasteiger partial charge in [0, 0.05) is 20.4 Å². The van der Waals surface area contributed by atoms with Gasteiger partial charge in [-0.1, -0.05) is 28.1 Å². The van der Waals surface area contributed by atoms with Crippen LogP contribution >= 0.6 is 27.3 Å². The van der Waals surface area contributed by atoms with E-state index in [2.05, 4.69) is 27.3 Å². The molecule has 0 radical (unpaired) electrons. The molecule has 1 N–H and O–H groups in total. The molecule has 0 spiro atoms. The van der Waals surface area contributed by atoms with Gasteiger partial charge in [0.25, 0.3) is 5.91 Å². The van der Waals surface area contributed by atoms with Crippen molar-refractivity contribution in [3.8, 4) is 6.07 Å². The van der Waals surface area contributed by atoms with Crippen LogP contribution in [0, 0.1) is 18.3 Å². The molecule has 164 valence electrons. The van der Waals surface area contributed by atoms with Gasteiger partial charge < -0.3 is 9.73 Å². The number of fused-ring (bicyclic) bond motifs is 2. The summed E-state index contributed by atoms with van der Waals surface area (Å²) in [5.41, 5.74) is 4.58. The Kier molecular flexibility index (Phi) is 5.88. The molecule has 4 aromatic rings. The average molecular weight is 518 g/mol. The van der Waals surface area contributed by atoms with Gasteiger partial charge in [0.05, 0.1) is 5.56 Å². The third kappa shape index (κ3) is 4.37. The van der Waals surface area contributed by atoms with E-state index >= 15 is 0 Å². The number of carbonyl (C=O) groups excluding carboxylic acids is 1. The second kappa shape index (κ2) is 8.97. The summed E-state index contributed by atoms with van der Waals surface area (Å²) in [5, 5.41) is 14.2. The fourth-order valence-corrected chi connectivity index (χ4v) is 5.69. The number of rotatable bonds is 3. The number of hydrogen-bond acceptors (Lipinski definition) is 5. The first-order valence-corrected chi connectivity index (χ1v) is 12.3. The average Bonchev–Trinajstić information content (AvgIpc) is 3.15. The highest BCUT2D eigenvalue weighted by Crippen LogP contribution is 2.39. The zero-order valence-corrected chi connectivity index (χ0v) is 20.3. The van der Waals surface area contributed by atoms with E-state index in [4.69, 9.17) is 9.41 Å². The molecule has 5 nitrogen and oxygen atoms in total. The number of nitriles is 1. The Morgan fingerprint density at radius 2 is 2.03 bits per heavy atom. The van der Waals surface area contributed by atoms with Crippen LogP contribution < -0.4 is 10.9 Å². The van der Waals surface area contributed by atoms with Gasteiger partial charge in [0.2, 0.25) is 5.55 Å². The summed E-state index contributed by atoms with van der Waals surface area (Å²) in [6.45, 7) is 1.97. The number of nitrogens with zero attached hydrogens (tertiary/aromatic N) is 2. The number of halogens is 1. The molecule has 0 atom stereocenters. The summed E-state index contributed by atoms with van der Waals surface area (Å²) in [4.78, 5) is 19.3. The minimum Gasteiger partial charge on any atom is -0.437 e. The molecule has 0 saturated carbocycles. The molecule has 0 unspecified atom stereocenters. The van der Waals surface area contributed by atoms with Crippen molar-refractivity contribution in [2.75, 3.05) is 5.32 Å². The number of thiophene rings is 1. The molecular weight excluding hydrogens is 498 g/mol. The zero-order valence-electron chi connectivity index (χ0n) is 17.9. The number of carbonyl (C=O) groups is 1. The molecular formula is C26H20BrN3O2S. The summed E-state index contributed by atoms with van der Waals surface area (Å²) in [5.74, 6) is -0.315. The summed E-state index contributed by atoms with van der Waals surface area (Å²) < 4.78 is 7.00. The van der Waals surface area contributed by atoms with Crippen LogP contribution in [0.5, 0.6) is 0 Å². The third-order valence-corrected chi connectivity index (χ3v) is 7.38. The lowest BCUT2D eigenvalue weighted by Crippen LogP contribution is -2.21. The van der Waals surface area contributed by atoms with Crippen molar-refractivity contribution in [3.05, 3.63) is 85.7 Å². The number of nitrogens with one attached hydrogen (secondary N) is 1. The Labute approximate surface area is 203 Å². The summed E-state index contributed by atoms with van der Waals surface area (Å²) in [6.07, 6.45) is 4.07. The number of amides is 1. The molecule has 7 heteroatoms. The number of hydrogen-bond donors (Lipinski definition) is 1. The van der Waals surface area contributed by atoms with Crippen LogP contribution in [0.3, 0.4) is 0 Å². The van der Waals surface area contributed by atoms with Crippen molar-refractivity contribution in [1.82, 2.24) is 0 Å². The van der Waals surface area contributed by atoms with Crippen LogP contribution in [0.2, 0.25) is 0 Å². The van der Waals surface area contributed by atoms with Gasteiger partial charge in [-0.15, -0.1) is 11.3 Å². The lowest BCUT2D eigenvalue weighted by atomic mass is 9.96. The standard InChI is InChI=1S/C26H20BrN3O2S/c1-15-5-4-6-18(11-15)29-24(31)20-13-16-12-17(27)9-10-22(16)32-25(20)30-26-21(14-28)19-7-2-3-8-23(19)33-26/h4-6,9-13H,2-3,7-8H2,1H3,(H,29,31)/b30-25-. The van der Waals surface area contributed by atoms with Gasteiger partial charge in [-0.05, 0) is 80.1 Å². The Bertz CT molecular complexity index is 1510. The summed E-state index contributed by atoms with van der Waals surface area (Å²) >= 11 is 5.01. The van der Waals surface area contributed by atoms with E-state index in [1.54, 1.807) is 6.07 Å². The zero-order chi connectivity index (χ0) is 22.9. The minimum absolute atomic E-state index is 0.199. The van der Waals surface area contributed by atoms with E-state index in [0.29, 0.717) is 27.4 Å². The Morgan fingerprint density at radius 1 is 1.18 bits per heavy atom. The molecule has 2 heterocycles. The predicted octanol–water partition coefficient (Wildman–Crippen LogP) is 6.80. The van der Waals surface area contributed by atoms with Crippen molar-refractivity contribution < 1.29 is 9.21 Å². The maximum absolute atomic E-state index is 13.3. The van der Waals surface area contributed by atoms with Gasteiger partial charge in [-0.25, -0.2) is 4.99 Å². The predicted molar refractivity (Wildman–Crippen MR) is 134 cm³/mol. The van der Waals surface area contributed by atoms with Crippen LogP contribution in [0.15, 0.2) is 62.4 Å². The van der Waals surface area contributed by atoms with Crippen molar-refractivity contribution >= 4 is 54.8 Å². The fourth-order valence-electron chi connectivity index (χ4n) is 4.11. The van der Waals surface area contributed by atoms with Crippen molar-refractivity contribution in [3.63, 3.8) is 0 Å². The molecule has 33 heavy (non-hydrogen) atoms. The van der Waals surface area contributed by atoms with E-state index < -0.39 is 0 Å². The Hall–Kier alpha value is -3.21. The molecule has 5 rings (SSSR count). The minimum atomic E-state index is -0.315. The molecule has 0 saturated heterocycles. The molecule has 0 aliphatic heterocycles. The maximum atomic E-state index is 13.3.